The Morgan fingerprint density at radius 1 is 1.18 bits per heavy atom. The molecule has 1 amide bonds. The van der Waals surface area contributed by atoms with Gasteiger partial charge >= 0.3 is 6.09 Å². The summed E-state index contributed by atoms with van der Waals surface area (Å²) < 4.78 is 12.3. The van der Waals surface area contributed by atoms with E-state index in [2.05, 4.69) is 10.1 Å². The van der Waals surface area contributed by atoms with Crippen molar-refractivity contribution >= 4 is 23.2 Å². The predicted octanol–water partition coefficient (Wildman–Crippen LogP) is 3.57. The van der Waals surface area contributed by atoms with E-state index in [1.807, 2.05) is 44.2 Å². The van der Waals surface area contributed by atoms with Crippen molar-refractivity contribution < 1.29 is 14.3 Å². The minimum absolute atomic E-state index is 0.128. The number of methoxy groups -OCH3 is 1. The molecule has 4 rings (SSSR count). The first-order valence-electron chi connectivity index (χ1n) is 10.6. The normalized spacial score (nSPS) is 15.6. The highest BCUT2D eigenvalue weighted by Crippen LogP contribution is 2.35. The number of nitrogens with two attached hydrogens (primary N) is 1. The molecule has 0 saturated carbocycles. The highest BCUT2D eigenvalue weighted by atomic mass is 16.6. The second-order valence-corrected chi connectivity index (χ2v) is 8.22. The third kappa shape index (κ3) is 4.40. The van der Waals surface area contributed by atoms with E-state index in [4.69, 9.17) is 15.2 Å². The molecular formula is C25H25N5O4. The van der Waals surface area contributed by atoms with Crippen molar-refractivity contribution in [3.8, 4) is 11.4 Å². The molecule has 0 radical (unpaired) electrons. The Balaban J connectivity index is 1.79. The first kappa shape index (κ1) is 22.8. The number of aromatic nitrogens is 2. The number of carbonyl (C=O) groups is 1. The summed E-state index contributed by atoms with van der Waals surface area (Å²) in [4.78, 5) is 31.1. The highest BCUT2D eigenvalue weighted by Gasteiger charge is 2.41. The van der Waals surface area contributed by atoms with Crippen LogP contribution in [0.25, 0.3) is 5.69 Å². The minimum Gasteiger partial charge on any atom is -0.494 e. The Morgan fingerprint density at radius 2 is 1.94 bits per heavy atom. The van der Waals surface area contributed by atoms with Crippen LogP contribution in [-0.2, 0) is 4.74 Å². The summed E-state index contributed by atoms with van der Waals surface area (Å²) in [5, 5.41) is 4.52. The number of cyclic esters (lactones) is 1. The smallest absolute Gasteiger partial charge is 0.414 e. The summed E-state index contributed by atoms with van der Waals surface area (Å²) in [6, 6.07) is 15.9. The molecular weight excluding hydrogens is 434 g/mol. The van der Waals surface area contributed by atoms with Crippen molar-refractivity contribution in [3.05, 3.63) is 89.0 Å². The second-order valence-electron chi connectivity index (χ2n) is 8.22. The molecule has 9 nitrogen and oxygen atoms in total. The molecule has 1 aliphatic heterocycles. The SMILES string of the molecule is COc1cc(N2C(=O)OCC2(C)C)ccc1-n1ccc(=O)c(C(C=CN)=Nc2ccccc2)n1. The standard InChI is InChI=1S/C25H25N5O4/c1-25(2)16-34-24(32)30(25)18-9-10-20(22(15-18)33-3)29-14-12-21(31)23(28-29)19(11-13-26)27-17-7-5-4-6-8-17/h4-15H,16,26H2,1-3H3. The summed E-state index contributed by atoms with van der Waals surface area (Å²) in [6.07, 6.45) is 3.97. The number of rotatable bonds is 6. The lowest BCUT2D eigenvalue weighted by Crippen LogP contribution is -2.42. The lowest BCUT2D eigenvalue weighted by atomic mass is 10.0. The lowest BCUT2D eigenvalue weighted by Gasteiger charge is -2.28. The minimum atomic E-state index is -0.496. The van der Waals surface area contributed by atoms with Crippen LogP contribution in [0.1, 0.15) is 19.5 Å². The van der Waals surface area contributed by atoms with Crippen molar-refractivity contribution in [1.82, 2.24) is 9.78 Å². The van der Waals surface area contributed by atoms with Crippen LogP contribution in [0.4, 0.5) is 16.2 Å². The van der Waals surface area contributed by atoms with Gasteiger partial charge in [0.2, 0.25) is 5.43 Å². The lowest BCUT2D eigenvalue weighted by molar-refractivity contribution is 0.175. The van der Waals surface area contributed by atoms with Gasteiger partial charge in [0.15, 0.2) is 5.69 Å². The summed E-state index contributed by atoms with van der Waals surface area (Å²) in [7, 11) is 1.53. The number of ether oxygens (including phenoxy) is 2. The van der Waals surface area contributed by atoms with Crippen molar-refractivity contribution in [2.75, 3.05) is 18.6 Å². The molecule has 1 aliphatic rings. The zero-order valence-electron chi connectivity index (χ0n) is 19.1. The van der Waals surface area contributed by atoms with E-state index in [-0.39, 0.29) is 11.1 Å². The molecule has 0 spiro atoms. The van der Waals surface area contributed by atoms with Gasteiger partial charge in [0.05, 0.1) is 29.7 Å². The van der Waals surface area contributed by atoms with Crippen LogP contribution in [0.5, 0.6) is 5.75 Å². The molecule has 1 fully saturated rings. The third-order valence-electron chi connectivity index (χ3n) is 5.32. The number of anilines is 1. The molecule has 1 saturated heterocycles. The maximum Gasteiger partial charge on any atom is 0.414 e. The molecule has 0 unspecified atom stereocenters. The molecule has 9 heteroatoms. The van der Waals surface area contributed by atoms with Crippen LogP contribution in [0.15, 0.2) is 82.9 Å². The quantitative estimate of drug-likeness (QED) is 0.564. The van der Waals surface area contributed by atoms with Crippen LogP contribution in [0, 0.1) is 0 Å². The topological polar surface area (TPSA) is 112 Å². The van der Waals surface area contributed by atoms with E-state index >= 15 is 0 Å². The van der Waals surface area contributed by atoms with Crippen LogP contribution in [0.2, 0.25) is 0 Å². The number of hydrogen-bond acceptors (Lipinski definition) is 7. The molecule has 3 aromatic rings. The van der Waals surface area contributed by atoms with E-state index in [9.17, 15) is 9.59 Å². The molecule has 34 heavy (non-hydrogen) atoms. The Bertz CT molecular complexity index is 1330. The second kappa shape index (κ2) is 9.22. The van der Waals surface area contributed by atoms with Crippen molar-refractivity contribution in [3.63, 3.8) is 0 Å². The molecule has 0 atom stereocenters. The van der Waals surface area contributed by atoms with E-state index in [0.29, 0.717) is 35.1 Å². The van der Waals surface area contributed by atoms with Crippen LogP contribution < -0.4 is 20.8 Å². The number of para-hydroxylation sites is 1. The fraction of sp³-hybridized carbons (Fsp3) is 0.200. The van der Waals surface area contributed by atoms with Gasteiger partial charge in [-0.25, -0.2) is 14.5 Å². The number of allylic oxidation sites excluding steroid dienone is 1. The largest absolute Gasteiger partial charge is 0.494 e. The maximum atomic E-state index is 12.7. The van der Waals surface area contributed by atoms with Gasteiger partial charge in [0.25, 0.3) is 0 Å². The van der Waals surface area contributed by atoms with Crippen LogP contribution in [0.3, 0.4) is 0 Å². The number of aliphatic imine (C=N–C) groups is 1. The van der Waals surface area contributed by atoms with Gasteiger partial charge in [0, 0.05) is 18.3 Å². The van der Waals surface area contributed by atoms with Crippen LogP contribution in [-0.4, -0.2) is 40.8 Å². The van der Waals surface area contributed by atoms with Crippen molar-refractivity contribution in [2.45, 2.75) is 19.4 Å². The average molecular weight is 460 g/mol. The zero-order chi connectivity index (χ0) is 24.3. The summed E-state index contributed by atoms with van der Waals surface area (Å²) >= 11 is 0. The number of amides is 1. The van der Waals surface area contributed by atoms with Gasteiger partial charge in [-0.15, -0.1) is 0 Å². The van der Waals surface area contributed by atoms with E-state index in [0.717, 1.165) is 0 Å². The average Bonchev–Trinajstić information content (AvgIpc) is 3.11. The van der Waals surface area contributed by atoms with E-state index in [1.54, 1.807) is 29.3 Å². The first-order chi connectivity index (χ1) is 16.3. The first-order valence-corrected chi connectivity index (χ1v) is 10.6. The van der Waals surface area contributed by atoms with Gasteiger partial charge in [-0.1, -0.05) is 18.2 Å². The molecule has 0 aliphatic carbocycles. The van der Waals surface area contributed by atoms with E-state index < -0.39 is 11.6 Å². The van der Waals surface area contributed by atoms with Gasteiger partial charge < -0.3 is 15.2 Å². The molecule has 1 aromatic heterocycles. The van der Waals surface area contributed by atoms with Gasteiger partial charge in [-0.3, -0.25) is 9.69 Å². The van der Waals surface area contributed by atoms with Crippen molar-refractivity contribution in [1.29, 1.82) is 0 Å². The summed E-state index contributed by atoms with van der Waals surface area (Å²) in [5.74, 6) is 0.464. The fourth-order valence-electron chi connectivity index (χ4n) is 3.69. The molecule has 2 aromatic carbocycles. The maximum absolute atomic E-state index is 12.7. The number of benzene rings is 2. The van der Waals surface area contributed by atoms with Crippen molar-refractivity contribution in [2.24, 2.45) is 10.7 Å². The molecule has 2 heterocycles. The Labute approximate surface area is 196 Å². The Morgan fingerprint density at radius 3 is 2.59 bits per heavy atom. The summed E-state index contributed by atoms with van der Waals surface area (Å²) in [5.41, 5.74) is 7.14. The zero-order valence-corrected chi connectivity index (χ0v) is 19.1. The Hall–Kier alpha value is -4.40. The predicted molar refractivity (Wildman–Crippen MR) is 130 cm³/mol. The highest BCUT2D eigenvalue weighted by molar-refractivity contribution is 6.08. The van der Waals surface area contributed by atoms with E-state index in [1.165, 1.54) is 30.1 Å². The molecule has 174 valence electrons. The van der Waals surface area contributed by atoms with Gasteiger partial charge in [-0.2, -0.15) is 5.10 Å². The van der Waals surface area contributed by atoms with Crippen LogP contribution >= 0.6 is 0 Å². The number of hydrogen-bond donors (Lipinski definition) is 1. The number of carbonyl (C=O) groups excluding carboxylic acids is 1. The monoisotopic (exact) mass is 459 g/mol. The number of nitrogens with zero attached hydrogens (tertiary/aromatic N) is 4. The van der Waals surface area contributed by atoms with Gasteiger partial charge in [-0.05, 0) is 50.4 Å². The Kier molecular flexibility index (Phi) is 6.18. The van der Waals surface area contributed by atoms with Gasteiger partial charge in [0.1, 0.15) is 18.0 Å². The molecule has 2 N–H and O–H groups in total. The molecule has 0 bridgehead atoms. The summed E-state index contributed by atoms with van der Waals surface area (Å²) in [6.45, 7) is 4.14. The third-order valence-corrected chi connectivity index (χ3v) is 5.32. The fourth-order valence-corrected chi connectivity index (χ4v) is 3.69.